The number of amides is 1. The number of benzene rings is 2. The van der Waals surface area contributed by atoms with Gasteiger partial charge in [-0.3, -0.25) is 4.79 Å². The van der Waals surface area contributed by atoms with Crippen LogP contribution in [0.1, 0.15) is 24.0 Å². The molecule has 28 heavy (non-hydrogen) atoms. The molecule has 1 aliphatic rings. The molecule has 1 aliphatic carbocycles. The zero-order chi connectivity index (χ0) is 20.5. The minimum absolute atomic E-state index is 0.0230. The standard InChI is InChI=1S/C18H16ClF3N2O3S/c19-16-7-6-14(9-15(16)18(20,21)22)28(26,27)23-10-11-2-1-3-13(8-11)24-17(25)12-4-5-12/h1-3,6-9,12,23H,4-5,10H2,(H,24,25). The lowest BCUT2D eigenvalue weighted by atomic mass is 10.2. The second kappa shape index (κ2) is 7.73. The number of alkyl halides is 3. The number of carbonyl (C=O) groups is 1. The summed E-state index contributed by atoms with van der Waals surface area (Å²) in [4.78, 5) is 11.3. The number of rotatable bonds is 6. The number of nitrogens with one attached hydrogen (secondary N) is 2. The second-order valence-corrected chi connectivity index (χ2v) is 8.60. The summed E-state index contributed by atoms with van der Waals surface area (Å²) in [5.41, 5.74) is -0.150. The summed E-state index contributed by atoms with van der Waals surface area (Å²) in [5, 5.41) is 2.17. The van der Waals surface area contributed by atoms with E-state index in [1.807, 2.05) is 0 Å². The van der Waals surface area contributed by atoms with Crippen LogP contribution in [0, 0.1) is 5.92 Å². The van der Waals surface area contributed by atoms with Gasteiger partial charge < -0.3 is 5.32 Å². The molecule has 0 saturated heterocycles. The van der Waals surface area contributed by atoms with Crippen LogP contribution in [-0.2, 0) is 27.5 Å². The van der Waals surface area contributed by atoms with Crippen LogP contribution in [0.15, 0.2) is 47.4 Å². The molecule has 2 aromatic rings. The summed E-state index contributed by atoms with van der Waals surface area (Å²) in [5.74, 6) is -0.0616. The molecule has 0 unspecified atom stereocenters. The Morgan fingerprint density at radius 1 is 1.14 bits per heavy atom. The van der Waals surface area contributed by atoms with Crippen LogP contribution >= 0.6 is 11.6 Å². The molecule has 0 spiro atoms. The van der Waals surface area contributed by atoms with E-state index >= 15 is 0 Å². The molecule has 3 rings (SSSR count). The van der Waals surface area contributed by atoms with Crippen LogP contribution < -0.4 is 10.0 Å². The number of anilines is 1. The first-order valence-electron chi connectivity index (χ1n) is 8.32. The summed E-state index contributed by atoms with van der Waals surface area (Å²) in [6, 6.07) is 8.96. The molecule has 0 heterocycles. The van der Waals surface area contributed by atoms with Gasteiger partial charge in [0, 0.05) is 18.2 Å². The number of carbonyl (C=O) groups excluding carboxylic acids is 1. The van der Waals surface area contributed by atoms with E-state index in [1.54, 1.807) is 24.3 Å². The average Bonchev–Trinajstić information content (AvgIpc) is 3.45. The van der Waals surface area contributed by atoms with Gasteiger partial charge in [0.2, 0.25) is 15.9 Å². The highest BCUT2D eigenvalue weighted by Gasteiger charge is 2.34. The van der Waals surface area contributed by atoms with Gasteiger partial charge in [-0.25, -0.2) is 13.1 Å². The monoisotopic (exact) mass is 432 g/mol. The molecule has 0 bridgehead atoms. The van der Waals surface area contributed by atoms with Crippen molar-refractivity contribution in [1.82, 2.24) is 4.72 Å². The van der Waals surface area contributed by atoms with Crippen molar-refractivity contribution in [2.45, 2.75) is 30.5 Å². The van der Waals surface area contributed by atoms with Gasteiger partial charge in [0.05, 0.1) is 15.5 Å². The SMILES string of the molecule is O=C(Nc1cccc(CNS(=O)(=O)c2ccc(Cl)c(C(F)(F)F)c2)c1)C1CC1. The first-order valence-corrected chi connectivity index (χ1v) is 10.2. The number of hydrogen-bond donors (Lipinski definition) is 2. The smallest absolute Gasteiger partial charge is 0.326 e. The highest BCUT2D eigenvalue weighted by Crippen LogP contribution is 2.36. The fourth-order valence-corrected chi connectivity index (χ4v) is 3.77. The Balaban J connectivity index is 1.72. The lowest BCUT2D eigenvalue weighted by Gasteiger charge is -2.12. The van der Waals surface area contributed by atoms with E-state index < -0.39 is 31.7 Å². The summed E-state index contributed by atoms with van der Waals surface area (Å²) in [7, 11) is -4.19. The van der Waals surface area contributed by atoms with E-state index in [1.165, 1.54) is 0 Å². The van der Waals surface area contributed by atoms with Crippen LogP contribution in [0.4, 0.5) is 18.9 Å². The predicted molar refractivity (Wildman–Crippen MR) is 98.3 cm³/mol. The van der Waals surface area contributed by atoms with Gasteiger partial charge in [0.1, 0.15) is 0 Å². The van der Waals surface area contributed by atoms with Crippen molar-refractivity contribution in [2.75, 3.05) is 5.32 Å². The molecule has 150 valence electrons. The van der Waals surface area contributed by atoms with E-state index in [0.29, 0.717) is 17.3 Å². The van der Waals surface area contributed by atoms with Gasteiger partial charge in [-0.15, -0.1) is 0 Å². The normalized spacial score (nSPS) is 14.7. The number of sulfonamides is 1. The van der Waals surface area contributed by atoms with Crippen molar-refractivity contribution in [3.8, 4) is 0 Å². The van der Waals surface area contributed by atoms with Gasteiger partial charge in [0.15, 0.2) is 0 Å². The molecule has 1 fully saturated rings. The van der Waals surface area contributed by atoms with Crippen LogP contribution in [0.5, 0.6) is 0 Å². The lowest BCUT2D eigenvalue weighted by molar-refractivity contribution is -0.137. The highest BCUT2D eigenvalue weighted by atomic mass is 35.5. The van der Waals surface area contributed by atoms with Crippen molar-refractivity contribution < 1.29 is 26.4 Å². The third kappa shape index (κ3) is 5.03. The zero-order valence-corrected chi connectivity index (χ0v) is 16.0. The average molecular weight is 433 g/mol. The molecule has 1 saturated carbocycles. The van der Waals surface area contributed by atoms with E-state index in [4.69, 9.17) is 11.6 Å². The van der Waals surface area contributed by atoms with Crippen molar-refractivity contribution in [1.29, 1.82) is 0 Å². The molecule has 2 N–H and O–H groups in total. The predicted octanol–water partition coefficient (Wildman–Crippen LogP) is 4.19. The van der Waals surface area contributed by atoms with Gasteiger partial charge in [0.25, 0.3) is 0 Å². The third-order valence-electron chi connectivity index (χ3n) is 4.16. The van der Waals surface area contributed by atoms with E-state index in [2.05, 4.69) is 10.0 Å². The van der Waals surface area contributed by atoms with Crippen molar-refractivity contribution in [2.24, 2.45) is 5.92 Å². The van der Waals surface area contributed by atoms with Crippen molar-refractivity contribution >= 4 is 33.2 Å². The van der Waals surface area contributed by atoms with Crippen LogP contribution in [-0.4, -0.2) is 14.3 Å². The van der Waals surface area contributed by atoms with E-state index in [9.17, 15) is 26.4 Å². The van der Waals surface area contributed by atoms with E-state index in [-0.39, 0.29) is 18.4 Å². The molecule has 10 heteroatoms. The van der Waals surface area contributed by atoms with Crippen LogP contribution in [0.25, 0.3) is 0 Å². The summed E-state index contributed by atoms with van der Waals surface area (Å²) in [6.45, 7) is -0.153. The minimum Gasteiger partial charge on any atom is -0.326 e. The van der Waals surface area contributed by atoms with Crippen LogP contribution in [0.2, 0.25) is 5.02 Å². The molecular weight excluding hydrogens is 417 g/mol. The summed E-state index contributed by atoms with van der Waals surface area (Å²) < 4.78 is 65.8. The Bertz CT molecular complexity index is 1010. The van der Waals surface area contributed by atoms with Crippen molar-refractivity contribution in [3.05, 3.63) is 58.6 Å². The van der Waals surface area contributed by atoms with E-state index in [0.717, 1.165) is 25.0 Å². The van der Waals surface area contributed by atoms with Gasteiger partial charge in [-0.05, 0) is 48.7 Å². The van der Waals surface area contributed by atoms with Crippen molar-refractivity contribution in [3.63, 3.8) is 0 Å². The quantitative estimate of drug-likeness (QED) is 0.718. The second-order valence-electron chi connectivity index (χ2n) is 6.43. The molecule has 0 aliphatic heterocycles. The molecule has 1 amide bonds. The molecule has 0 atom stereocenters. The minimum atomic E-state index is -4.77. The number of hydrogen-bond acceptors (Lipinski definition) is 3. The van der Waals surface area contributed by atoms with Gasteiger partial charge >= 0.3 is 6.18 Å². The number of halogens is 4. The summed E-state index contributed by atoms with van der Waals surface area (Å²) >= 11 is 5.52. The zero-order valence-electron chi connectivity index (χ0n) is 14.4. The topological polar surface area (TPSA) is 75.3 Å². The first kappa shape index (κ1) is 20.6. The maximum Gasteiger partial charge on any atom is 0.417 e. The molecular formula is C18H16ClF3N2O3S. The Hall–Kier alpha value is -2.10. The Morgan fingerprint density at radius 3 is 2.50 bits per heavy atom. The Morgan fingerprint density at radius 2 is 1.86 bits per heavy atom. The largest absolute Gasteiger partial charge is 0.417 e. The fourth-order valence-electron chi connectivity index (χ4n) is 2.50. The molecule has 0 aromatic heterocycles. The molecule has 2 aromatic carbocycles. The van der Waals surface area contributed by atoms with Crippen LogP contribution in [0.3, 0.4) is 0 Å². The Kier molecular flexibility index (Phi) is 5.69. The Labute approximate surface area is 164 Å². The maximum atomic E-state index is 12.9. The molecule has 0 radical (unpaired) electrons. The molecule has 5 nitrogen and oxygen atoms in total. The van der Waals surface area contributed by atoms with Gasteiger partial charge in [-0.1, -0.05) is 23.7 Å². The van der Waals surface area contributed by atoms with Gasteiger partial charge in [-0.2, -0.15) is 13.2 Å². The maximum absolute atomic E-state index is 12.9. The lowest BCUT2D eigenvalue weighted by Crippen LogP contribution is -2.24. The summed E-state index contributed by atoms with van der Waals surface area (Å²) in [6.07, 6.45) is -3.06. The highest BCUT2D eigenvalue weighted by molar-refractivity contribution is 7.89. The fraction of sp³-hybridized carbons (Fsp3) is 0.278. The third-order valence-corrected chi connectivity index (χ3v) is 5.89. The first-order chi connectivity index (χ1) is 13.1.